The number of hydrogen-bond donors (Lipinski definition) is 0. The number of piperidine rings is 1. The number of carbonyl (C=O) groups is 3. The lowest BCUT2D eigenvalue weighted by Crippen LogP contribution is -2.47. The predicted octanol–water partition coefficient (Wildman–Crippen LogP) is 3.05. The molecule has 2 fully saturated rings. The first-order valence-electron chi connectivity index (χ1n) is 10.6. The first-order chi connectivity index (χ1) is 15.0. The van der Waals surface area contributed by atoms with Crippen molar-refractivity contribution in [2.45, 2.75) is 25.8 Å². The van der Waals surface area contributed by atoms with E-state index in [1.807, 2.05) is 17.0 Å². The van der Waals surface area contributed by atoms with Crippen LogP contribution < -0.4 is 0 Å². The molecule has 0 bridgehead atoms. The van der Waals surface area contributed by atoms with E-state index in [0.717, 1.165) is 12.0 Å². The van der Waals surface area contributed by atoms with Gasteiger partial charge in [-0.3, -0.25) is 14.4 Å². The number of amides is 3. The molecule has 31 heavy (non-hydrogen) atoms. The van der Waals surface area contributed by atoms with Crippen molar-refractivity contribution in [1.29, 1.82) is 0 Å². The minimum Gasteiger partial charge on any atom is -0.459 e. The number of likely N-dealkylation sites (tertiary alicyclic amines) is 1. The van der Waals surface area contributed by atoms with E-state index in [-0.39, 0.29) is 23.6 Å². The summed E-state index contributed by atoms with van der Waals surface area (Å²) in [6.07, 6.45) is 3.15. The zero-order valence-corrected chi connectivity index (χ0v) is 18.1. The largest absolute Gasteiger partial charge is 0.459 e. The van der Waals surface area contributed by atoms with Crippen LogP contribution in [0.1, 0.15) is 35.4 Å². The van der Waals surface area contributed by atoms with Crippen molar-refractivity contribution in [2.75, 3.05) is 32.7 Å². The number of furan rings is 1. The van der Waals surface area contributed by atoms with Crippen molar-refractivity contribution in [3.05, 3.63) is 59.0 Å². The lowest BCUT2D eigenvalue weighted by atomic mass is 9.95. The molecule has 2 aliphatic heterocycles. The molecule has 4 rings (SSSR count). The van der Waals surface area contributed by atoms with E-state index in [1.165, 1.54) is 6.26 Å². The summed E-state index contributed by atoms with van der Waals surface area (Å²) in [6, 6.07) is 10.8. The van der Waals surface area contributed by atoms with Gasteiger partial charge in [0.2, 0.25) is 11.8 Å². The van der Waals surface area contributed by atoms with Crippen molar-refractivity contribution in [3.8, 4) is 0 Å². The number of carbonyl (C=O) groups excluding carboxylic acids is 3. The second-order valence-corrected chi connectivity index (χ2v) is 8.52. The van der Waals surface area contributed by atoms with E-state index < -0.39 is 0 Å². The van der Waals surface area contributed by atoms with Crippen LogP contribution in [0.15, 0.2) is 47.1 Å². The van der Waals surface area contributed by atoms with Crippen molar-refractivity contribution in [2.24, 2.45) is 5.92 Å². The Bertz CT molecular complexity index is 929. The van der Waals surface area contributed by atoms with Gasteiger partial charge < -0.3 is 19.1 Å². The summed E-state index contributed by atoms with van der Waals surface area (Å²) in [5, 5.41) is 0.655. The van der Waals surface area contributed by atoms with E-state index >= 15 is 0 Å². The fourth-order valence-electron chi connectivity index (χ4n) is 4.23. The Kier molecular flexibility index (Phi) is 6.61. The summed E-state index contributed by atoms with van der Waals surface area (Å²) < 4.78 is 5.22. The average molecular weight is 444 g/mol. The second-order valence-electron chi connectivity index (χ2n) is 8.08. The third-order valence-corrected chi connectivity index (χ3v) is 6.21. The van der Waals surface area contributed by atoms with E-state index in [1.54, 1.807) is 34.1 Å². The number of hydrogen-bond acceptors (Lipinski definition) is 4. The molecule has 0 N–H and O–H groups in total. The van der Waals surface area contributed by atoms with Crippen LogP contribution in [-0.4, -0.2) is 65.1 Å². The van der Waals surface area contributed by atoms with Gasteiger partial charge in [-0.1, -0.05) is 23.7 Å². The first kappa shape index (κ1) is 21.4. The van der Waals surface area contributed by atoms with Gasteiger partial charge in [-0.25, -0.2) is 0 Å². The lowest BCUT2D eigenvalue weighted by molar-refractivity contribution is -0.143. The van der Waals surface area contributed by atoms with Crippen LogP contribution in [0.2, 0.25) is 5.02 Å². The summed E-state index contributed by atoms with van der Waals surface area (Å²) in [5.74, 6) is 0.114. The van der Waals surface area contributed by atoms with Crippen molar-refractivity contribution >= 4 is 29.3 Å². The number of benzene rings is 1. The minimum atomic E-state index is -0.211. The Morgan fingerprint density at radius 1 is 1.03 bits per heavy atom. The normalized spacial score (nSPS) is 20.0. The summed E-state index contributed by atoms with van der Waals surface area (Å²) in [7, 11) is 0. The van der Waals surface area contributed by atoms with Crippen LogP contribution >= 0.6 is 11.6 Å². The summed E-state index contributed by atoms with van der Waals surface area (Å²) in [4.78, 5) is 43.5. The fraction of sp³-hybridized carbons (Fsp3) is 0.435. The Hall–Kier alpha value is -2.80. The Morgan fingerprint density at radius 2 is 1.77 bits per heavy atom. The Morgan fingerprint density at radius 3 is 2.52 bits per heavy atom. The standard InChI is InChI=1S/C23H26ClN3O4/c24-19-7-4-17(5-8-19)15-27-16-18(6-9-21(27)28)22(29)25-10-2-11-26(13-12-25)23(30)20-3-1-14-31-20/h1,3-5,7-8,14,18H,2,6,9-13,15-16H2/t18-/m1/s1. The first-order valence-corrected chi connectivity index (χ1v) is 11.0. The molecule has 0 radical (unpaired) electrons. The highest BCUT2D eigenvalue weighted by molar-refractivity contribution is 6.30. The van der Waals surface area contributed by atoms with Crippen molar-refractivity contribution in [1.82, 2.24) is 14.7 Å². The molecule has 0 aliphatic carbocycles. The third kappa shape index (κ3) is 5.10. The Labute approximate surface area is 186 Å². The van der Waals surface area contributed by atoms with Crippen LogP contribution in [-0.2, 0) is 16.1 Å². The molecule has 1 aromatic carbocycles. The van der Waals surface area contributed by atoms with E-state index in [0.29, 0.717) is 62.9 Å². The molecule has 1 atom stereocenters. The van der Waals surface area contributed by atoms with Gasteiger partial charge in [0.05, 0.1) is 12.2 Å². The summed E-state index contributed by atoms with van der Waals surface area (Å²) in [6.45, 7) is 3.08. The van der Waals surface area contributed by atoms with E-state index in [4.69, 9.17) is 16.0 Å². The molecule has 7 nitrogen and oxygen atoms in total. The van der Waals surface area contributed by atoms with Crippen molar-refractivity contribution in [3.63, 3.8) is 0 Å². The molecule has 0 saturated carbocycles. The minimum absolute atomic E-state index is 0.0703. The molecule has 3 heterocycles. The summed E-state index contributed by atoms with van der Waals surface area (Å²) in [5.41, 5.74) is 0.993. The molecule has 3 amide bonds. The lowest BCUT2D eigenvalue weighted by Gasteiger charge is -2.34. The number of nitrogens with zero attached hydrogens (tertiary/aromatic N) is 3. The quantitative estimate of drug-likeness (QED) is 0.728. The van der Waals surface area contributed by atoms with Gasteiger partial charge in [0.15, 0.2) is 5.76 Å². The molecule has 2 aromatic rings. The maximum Gasteiger partial charge on any atom is 0.289 e. The van der Waals surface area contributed by atoms with Gasteiger partial charge in [-0.15, -0.1) is 0 Å². The van der Waals surface area contributed by atoms with Crippen LogP contribution in [0.5, 0.6) is 0 Å². The highest BCUT2D eigenvalue weighted by Crippen LogP contribution is 2.23. The summed E-state index contributed by atoms with van der Waals surface area (Å²) >= 11 is 5.95. The molecular weight excluding hydrogens is 418 g/mol. The molecule has 2 aliphatic rings. The van der Waals surface area contributed by atoms with Crippen LogP contribution in [0.4, 0.5) is 0 Å². The zero-order valence-electron chi connectivity index (χ0n) is 17.3. The van der Waals surface area contributed by atoms with E-state index in [9.17, 15) is 14.4 Å². The third-order valence-electron chi connectivity index (χ3n) is 5.96. The topological polar surface area (TPSA) is 74.1 Å². The SMILES string of the molecule is O=C1CC[C@@H](C(=O)N2CCCN(C(=O)c3ccco3)CC2)CN1Cc1ccc(Cl)cc1. The van der Waals surface area contributed by atoms with Gasteiger partial charge in [0, 0.05) is 50.7 Å². The van der Waals surface area contributed by atoms with E-state index in [2.05, 4.69) is 0 Å². The molecule has 1 aromatic heterocycles. The maximum absolute atomic E-state index is 13.2. The van der Waals surface area contributed by atoms with Crippen LogP contribution in [0.3, 0.4) is 0 Å². The van der Waals surface area contributed by atoms with Crippen LogP contribution in [0, 0.1) is 5.92 Å². The fourth-order valence-corrected chi connectivity index (χ4v) is 4.36. The van der Waals surface area contributed by atoms with Crippen molar-refractivity contribution < 1.29 is 18.8 Å². The van der Waals surface area contributed by atoms with Gasteiger partial charge >= 0.3 is 0 Å². The number of rotatable bonds is 4. The van der Waals surface area contributed by atoms with Gasteiger partial charge in [0.25, 0.3) is 5.91 Å². The second kappa shape index (κ2) is 9.56. The van der Waals surface area contributed by atoms with Gasteiger partial charge in [-0.2, -0.15) is 0 Å². The maximum atomic E-state index is 13.2. The highest BCUT2D eigenvalue weighted by atomic mass is 35.5. The molecule has 2 saturated heterocycles. The average Bonchev–Trinajstić information content (AvgIpc) is 3.20. The predicted molar refractivity (Wildman–Crippen MR) is 115 cm³/mol. The monoisotopic (exact) mass is 443 g/mol. The molecule has 8 heteroatoms. The smallest absolute Gasteiger partial charge is 0.289 e. The molecule has 0 spiro atoms. The zero-order chi connectivity index (χ0) is 21.8. The van der Waals surface area contributed by atoms with Crippen LogP contribution in [0.25, 0.3) is 0 Å². The molecule has 0 unspecified atom stereocenters. The Balaban J connectivity index is 1.35. The molecule has 164 valence electrons. The van der Waals surface area contributed by atoms with Gasteiger partial charge in [0.1, 0.15) is 0 Å². The molecular formula is C23H26ClN3O4. The number of halogens is 1. The highest BCUT2D eigenvalue weighted by Gasteiger charge is 2.34. The van der Waals surface area contributed by atoms with Gasteiger partial charge in [-0.05, 0) is 42.7 Å².